The minimum atomic E-state index is -1.17. The summed E-state index contributed by atoms with van der Waals surface area (Å²) in [5.74, 6) is -2.03. The average Bonchev–Trinajstić information content (AvgIpc) is 3.11. The van der Waals surface area contributed by atoms with E-state index in [-0.39, 0.29) is 36.0 Å². The Bertz CT molecular complexity index is 812. The molecule has 0 bridgehead atoms. The van der Waals surface area contributed by atoms with Crippen LogP contribution >= 0.6 is 11.6 Å². The zero-order chi connectivity index (χ0) is 18.6. The lowest BCUT2D eigenvalue weighted by Crippen LogP contribution is -2.36. The first-order valence-electron chi connectivity index (χ1n) is 7.30. The van der Waals surface area contributed by atoms with E-state index in [0.29, 0.717) is 5.69 Å². The summed E-state index contributed by atoms with van der Waals surface area (Å²) in [5.41, 5.74) is 0.716. The third kappa shape index (κ3) is 4.35. The molecule has 0 spiro atoms. The highest BCUT2D eigenvalue weighted by atomic mass is 35.5. The Labute approximate surface area is 147 Å². The number of nitrogens with one attached hydrogen (secondary N) is 2. The molecule has 0 aromatic carbocycles. The normalized spacial score (nSPS) is 10.5. The van der Waals surface area contributed by atoms with Crippen LogP contribution in [0, 0.1) is 6.92 Å². The van der Waals surface area contributed by atoms with Gasteiger partial charge in [-0.2, -0.15) is 10.2 Å². The van der Waals surface area contributed by atoms with Crippen LogP contribution in [0.4, 0.5) is 0 Å². The minimum Gasteiger partial charge on any atom is -0.477 e. The Morgan fingerprint density at radius 1 is 1.28 bits per heavy atom. The van der Waals surface area contributed by atoms with Gasteiger partial charge in [0.2, 0.25) is 5.91 Å². The molecule has 0 atom stereocenters. The molecule has 2 aromatic heterocycles. The monoisotopic (exact) mass is 368 g/mol. The van der Waals surface area contributed by atoms with Crippen LogP contribution in [-0.4, -0.2) is 55.5 Å². The van der Waals surface area contributed by atoms with Gasteiger partial charge in [-0.25, -0.2) is 9.48 Å². The van der Waals surface area contributed by atoms with Gasteiger partial charge < -0.3 is 15.7 Å². The Morgan fingerprint density at radius 3 is 2.56 bits per heavy atom. The van der Waals surface area contributed by atoms with Gasteiger partial charge in [-0.3, -0.25) is 14.3 Å². The molecular weight excluding hydrogens is 352 g/mol. The molecule has 0 fully saturated rings. The zero-order valence-electron chi connectivity index (χ0n) is 13.6. The standard InChI is InChI=1S/C14H17ClN6O4/c1-8-11(15)12(19-20(8)2)13(23)17-6-5-16-10(22)7-21-9(14(24)25)3-4-18-21/h3-4H,5-7H2,1-2H3,(H,16,22)(H,17,23)(H,24,25). The number of aryl methyl sites for hydroxylation is 1. The van der Waals surface area contributed by atoms with Crippen LogP contribution in [0.2, 0.25) is 5.02 Å². The summed E-state index contributed by atoms with van der Waals surface area (Å²) in [6.07, 6.45) is 1.30. The van der Waals surface area contributed by atoms with Gasteiger partial charge in [0.1, 0.15) is 12.2 Å². The van der Waals surface area contributed by atoms with Crippen molar-refractivity contribution in [2.24, 2.45) is 7.05 Å². The van der Waals surface area contributed by atoms with Crippen molar-refractivity contribution in [3.05, 3.63) is 34.4 Å². The van der Waals surface area contributed by atoms with Crippen molar-refractivity contribution < 1.29 is 19.5 Å². The molecule has 0 aliphatic rings. The molecule has 2 aromatic rings. The second kappa shape index (κ2) is 7.79. The molecule has 25 heavy (non-hydrogen) atoms. The van der Waals surface area contributed by atoms with Crippen LogP contribution in [0.25, 0.3) is 0 Å². The third-order valence-electron chi connectivity index (χ3n) is 3.44. The molecule has 0 saturated heterocycles. The van der Waals surface area contributed by atoms with Crippen LogP contribution < -0.4 is 10.6 Å². The molecule has 10 nitrogen and oxygen atoms in total. The molecule has 0 radical (unpaired) electrons. The van der Waals surface area contributed by atoms with Crippen molar-refractivity contribution in [3.8, 4) is 0 Å². The number of rotatable bonds is 7. The number of carboxylic acids is 1. The predicted molar refractivity (Wildman–Crippen MR) is 87.5 cm³/mol. The van der Waals surface area contributed by atoms with Gasteiger partial charge >= 0.3 is 5.97 Å². The van der Waals surface area contributed by atoms with Gasteiger partial charge in [0, 0.05) is 26.3 Å². The SMILES string of the molecule is Cc1c(Cl)c(C(=O)NCCNC(=O)Cn2nccc2C(=O)O)nn1C. The Morgan fingerprint density at radius 2 is 1.96 bits per heavy atom. The van der Waals surface area contributed by atoms with Crippen LogP contribution in [0.15, 0.2) is 12.3 Å². The van der Waals surface area contributed by atoms with Gasteiger partial charge in [-0.05, 0) is 13.0 Å². The largest absolute Gasteiger partial charge is 0.477 e. The molecule has 0 aliphatic carbocycles. The first-order valence-corrected chi connectivity index (χ1v) is 7.68. The van der Waals surface area contributed by atoms with Crippen molar-refractivity contribution in [2.45, 2.75) is 13.5 Å². The summed E-state index contributed by atoms with van der Waals surface area (Å²) in [6, 6.07) is 1.30. The summed E-state index contributed by atoms with van der Waals surface area (Å²) in [5, 5.41) is 22.2. The highest BCUT2D eigenvalue weighted by Gasteiger charge is 2.17. The molecule has 3 N–H and O–H groups in total. The van der Waals surface area contributed by atoms with Gasteiger partial charge in [0.05, 0.1) is 10.7 Å². The Balaban J connectivity index is 1.78. The van der Waals surface area contributed by atoms with E-state index in [4.69, 9.17) is 16.7 Å². The highest BCUT2D eigenvalue weighted by molar-refractivity contribution is 6.34. The Kier molecular flexibility index (Phi) is 5.75. The van der Waals surface area contributed by atoms with Crippen LogP contribution in [0.3, 0.4) is 0 Å². The van der Waals surface area contributed by atoms with E-state index in [1.165, 1.54) is 16.9 Å². The fourth-order valence-electron chi connectivity index (χ4n) is 2.02. The van der Waals surface area contributed by atoms with Crippen LogP contribution in [-0.2, 0) is 18.4 Å². The number of carboxylic acid groups (broad SMARTS) is 1. The van der Waals surface area contributed by atoms with Gasteiger partial charge in [0.25, 0.3) is 5.91 Å². The lowest BCUT2D eigenvalue weighted by Gasteiger charge is -2.07. The second-order valence-corrected chi connectivity index (χ2v) is 5.53. The molecule has 2 heterocycles. The summed E-state index contributed by atoms with van der Waals surface area (Å²) < 4.78 is 2.58. The molecular formula is C14H17ClN6O4. The number of carbonyl (C=O) groups is 3. The fraction of sp³-hybridized carbons (Fsp3) is 0.357. The average molecular weight is 369 g/mol. The van der Waals surface area contributed by atoms with Crippen molar-refractivity contribution in [3.63, 3.8) is 0 Å². The van der Waals surface area contributed by atoms with Crippen molar-refractivity contribution in [1.29, 1.82) is 0 Å². The number of aromatic carboxylic acids is 1. The van der Waals surface area contributed by atoms with Crippen molar-refractivity contribution in [2.75, 3.05) is 13.1 Å². The van der Waals surface area contributed by atoms with E-state index in [1.807, 2.05) is 0 Å². The first kappa shape index (κ1) is 18.5. The third-order valence-corrected chi connectivity index (χ3v) is 3.89. The number of nitrogens with zero attached hydrogens (tertiary/aromatic N) is 4. The molecule has 2 amide bonds. The molecule has 134 valence electrons. The van der Waals surface area contributed by atoms with Gasteiger partial charge in [-0.15, -0.1) is 0 Å². The second-order valence-electron chi connectivity index (χ2n) is 5.16. The summed E-state index contributed by atoms with van der Waals surface area (Å²) in [7, 11) is 1.68. The lowest BCUT2D eigenvalue weighted by atomic mass is 10.3. The van der Waals surface area contributed by atoms with Crippen LogP contribution in [0.5, 0.6) is 0 Å². The maximum atomic E-state index is 12.0. The number of hydrogen-bond acceptors (Lipinski definition) is 5. The van der Waals surface area contributed by atoms with E-state index >= 15 is 0 Å². The minimum absolute atomic E-state index is 0.0800. The molecule has 0 aliphatic heterocycles. The molecule has 0 unspecified atom stereocenters. The van der Waals surface area contributed by atoms with Crippen molar-refractivity contribution >= 4 is 29.4 Å². The highest BCUT2D eigenvalue weighted by Crippen LogP contribution is 2.18. The fourth-order valence-corrected chi connectivity index (χ4v) is 2.27. The molecule has 0 saturated carbocycles. The maximum Gasteiger partial charge on any atom is 0.354 e. The summed E-state index contributed by atoms with van der Waals surface area (Å²) >= 11 is 6.02. The van der Waals surface area contributed by atoms with E-state index in [0.717, 1.165) is 4.68 Å². The number of carbonyl (C=O) groups excluding carboxylic acids is 2. The van der Waals surface area contributed by atoms with Crippen molar-refractivity contribution in [1.82, 2.24) is 30.2 Å². The summed E-state index contributed by atoms with van der Waals surface area (Å²) in [6.45, 7) is 1.85. The lowest BCUT2D eigenvalue weighted by molar-refractivity contribution is -0.121. The topological polar surface area (TPSA) is 131 Å². The number of aromatic nitrogens is 4. The van der Waals surface area contributed by atoms with Crippen LogP contribution in [0.1, 0.15) is 26.7 Å². The molecule has 11 heteroatoms. The van der Waals surface area contributed by atoms with E-state index in [9.17, 15) is 14.4 Å². The quantitative estimate of drug-likeness (QED) is 0.581. The van der Waals surface area contributed by atoms with E-state index in [1.54, 1.807) is 14.0 Å². The molecule has 2 rings (SSSR count). The van der Waals surface area contributed by atoms with E-state index in [2.05, 4.69) is 20.8 Å². The number of amides is 2. The predicted octanol–water partition coefficient (Wildman–Crippen LogP) is -0.177. The Hall–Kier alpha value is -2.88. The maximum absolute atomic E-state index is 12.0. The van der Waals surface area contributed by atoms with E-state index < -0.39 is 17.8 Å². The summed E-state index contributed by atoms with van der Waals surface area (Å²) in [4.78, 5) is 34.7. The smallest absolute Gasteiger partial charge is 0.354 e. The number of halogens is 1. The van der Waals surface area contributed by atoms with Gasteiger partial charge in [0.15, 0.2) is 5.69 Å². The first-order chi connectivity index (χ1) is 11.8. The zero-order valence-corrected chi connectivity index (χ0v) is 14.4. The van der Waals surface area contributed by atoms with Gasteiger partial charge in [-0.1, -0.05) is 11.6 Å². The number of hydrogen-bond donors (Lipinski definition) is 3.